The molecule has 8 nitrogen and oxygen atoms in total. The minimum atomic E-state index is -1.26. The molecule has 9 heteroatoms. The second-order valence-electron chi connectivity index (χ2n) is 7.96. The van der Waals surface area contributed by atoms with Crippen LogP contribution in [0.2, 0.25) is 0 Å². The van der Waals surface area contributed by atoms with E-state index in [1.165, 1.54) is 4.90 Å². The van der Waals surface area contributed by atoms with E-state index in [0.29, 0.717) is 25.9 Å². The Morgan fingerprint density at radius 1 is 1.19 bits per heavy atom. The van der Waals surface area contributed by atoms with Crippen molar-refractivity contribution in [1.29, 1.82) is 0 Å². The standard InChI is InChI=1S/C18H32FN3O5/c1-18(2,3)27-17(26)22-9-6-7-13(14(22)16(24)25)15(23)21(5)12-11-20(4)10-8-19/h13-14H,6-12H2,1-5H3,(H,24,25)/t13-,14+/m0/s1. The third-order valence-electron chi connectivity index (χ3n) is 4.49. The molecule has 0 saturated carbocycles. The number of amides is 2. The van der Waals surface area contributed by atoms with Gasteiger partial charge in [-0.15, -0.1) is 0 Å². The zero-order valence-electron chi connectivity index (χ0n) is 16.9. The number of likely N-dealkylation sites (tertiary alicyclic amines) is 1. The summed E-state index contributed by atoms with van der Waals surface area (Å²) in [5.41, 5.74) is -0.755. The quantitative estimate of drug-likeness (QED) is 0.709. The van der Waals surface area contributed by atoms with Gasteiger partial charge in [-0.1, -0.05) is 0 Å². The van der Waals surface area contributed by atoms with Crippen LogP contribution in [0.4, 0.5) is 9.18 Å². The molecule has 0 spiro atoms. The lowest BCUT2D eigenvalue weighted by molar-refractivity contribution is -0.153. The van der Waals surface area contributed by atoms with Crippen LogP contribution in [0.15, 0.2) is 0 Å². The number of alkyl halides is 1. The van der Waals surface area contributed by atoms with E-state index in [1.54, 1.807) is 39.8 Å². The Morgan fingerprint density at radius 3 is 2.33 bits per heavy atom. The van der Waals surface area contributed by atoms with Gasteiger partial charge in [0, 0.05) is 33.2 Å². The molecule has 0 aromatic heterocycles. The maximum absolute atomic E-state index is 12.8. The van der Waals surface area contributed by atoms with Gasteiger partial charge in [-0.25, -0.2) is 14.0 Å². The molecule has 0 unspecified atom stereocenters. The number of likely N-dealkylation sites (N-methyl/N-ethyl adjacent to an activating group) is 2. The van der Waals surface area contributed by atoms with Gasteiger partial charge in [-0.05, 0) is 40.7 Å². The summed E-state index contributed by atoms with van der Waals surface area (Å²) in [6, 6.07) is -1.26. The summed E-state index contributed by atoms with van der Waals surface area (Å²) < 4.78 is 17.7. The highest BCUT2D eigenvalue weighted by molar-refractivity contribution is 5.89. The van der Waals surface area contributed by atoms with Crippen LogP contribution in [0.5, 0.6) is 0 Å². The minimum Gasteiger partial charge on any atom is -0.480 e. The molecular weight excluding hydrogens is 357 g/mol. The van der Waals surface area contributed by atoms with Gasteiger partial charge in [0.2, 0.25) is 5.91 Å². The molecule has 1 heterocycles. The number of hydrogen-bond donors (Lipinski definition) is 1. The van der Waals surface area contributed by atoms with Crippen molar-refractivity contribution in [3.8, 4) is 0 Å². The lowest BCUT2D eigenvalue weighted by Crippen LogP contribution is -2.57. The van der Waals surface area contributed by atoms with E-state index in [0.717, 1.165) is 4.90 Å². The summed E-state index contributed by atoms with van der Waals surface area (Å²) in [4.78, 5) is 41.5. The number of carboxylic acids is 1. The molecule has 0 bridgehead atoms. The highest BCUT2D eigenvalue weighted by Crippen LogP contribution is 2.27. The summed E-state index contributed by atoms with van der Waals surface area (Å²) in [5, 5.41) is 9.67. The predicted octanol–water partition coefficient (Wildman–Crippen LogP) is 1.45. The second kappa shape index (κ2) is 9.87. The van der Waals surface area contributed by atoms with Crippen LogP contribution in [0.1, 0.15) is 33.6 Å². The molecule has 1 fully saturated rings. The lowest BCUT2D eigenvalue weighted by Gasteiger charge is -2.39. The first-order chi connectivity index (χ1) is 12.5. The third-order valence-corrected chi connectivity index (χ3v) is 4.49. The first kappa shape index (κ1) is 23.1. The zero-order chi connectivity index (χ0) is 20.8. The Bertz CT molecular complexity index is 538. The molecule has 0 radical (unpaired) electrons. The summed E-state index contributed by atoms with van der Waals surface area (Å²) >= 11 is 0. The Hall–Kier alpha value is -1.90. The van der Waals surface area contributed by atoms with Gasteiger partial charge in [0.15, 0.2) is 0 Å². The van der Waals surface area contributed by atoms with Crippen molar-refractivity contribution in [3.05, 3.63) is 0 Å². The van der Waals surface area contributed by atoms with Crippen LogP contribution in [-0.2, 0) is 14.3 Å². The van der Waals surface area contributed by atoms with Gasteiger partial charge in [-0.2, -0.15) is 0 Å². The van der Waals surface area contributed by atoms with E-state index >= 15 is 0 Å². The monoisotopic (exact) mass is 389 g/mol. The Morgan fingerprint density at radius 2 is 1.81 bits per heavy atom. The molecule has 1 aliphatic heterocycles. The van der Waals surface area contributed by atoms with Crippen molar-refractivity contribution in [1.82, 2.24) is 14.7 Å². The van der Waals surface area contributed by atoms with E-state index < -0.39 is 36.3 Å². The Labute approximate surface area is 160 Å². The number of carbonyl (C=O) groups excluding carboxylic acids is 2. The summed E-state index contributed by atoms with van der Waals surface area (Å²) in [6.07, 6.45) is 0.187. The minimum absolute atomic E-state index is 0.235. The van der Waals surface area contributed by atoms with Crippen LogP contribution >= 0.6 is 0 Å². The van der Waals surface area contributed by atoms with Gasteiger partial charge in [-0.3, -0.25) is 9.69 Å². The molecule has 1 saturated heterocycles. The number of carbonyl (C=O) groups is 3. The average Bonchev–Trinajstić information content (AvgIpc) is 2.56. The van der Waals surface area contributed by atoms with Crippen molar-refractivity contribution in [2.24, 2.45) is 5.92 Å². The van der Waals surface area contributed by atoms with E-state index in [9.17, 15) is 23.9 Å². The van der Waals surface area contributed by atoms with E-state index in [4.69, 9.17) is 4.74 Å². The van der Waals surface area contributed by atoms with Crippen LogP contribution in [0.25, 0.3) is 0 Å². The van der Waals surface area contributed by atoms with Crippen LogP contribution in [0.3, 0.4) is 0 Å². The second-order valence-corrected chi connectivity index (χ2v) is 7.96. The Balaban J connectivity index is 2.86. The zero-order valence-corrected chi connectivity index (χ0v) is 16.9. The van der Waals surface area contributed by atoms with Crippen LogP contribution in [0, 0.1) is 5.92 Å². The van der Waals surface area contributed by atoms with Crippen molar-refractivity contribution in [2.45, 2.75) is 45.3 Å². The molecule has 1 N–H and O–H groups in total. The van der Waals surface area contributed by atoms with Gasteiger partial charge < -0.3 is 19.6 Å². The van der Waals surface area contributed by atoms with E-state index in [2.05, 4.69) is 0 Å². The SMILES string of the molecule is CN(CCF)CCN(C)C(=O)[C@H]1CCCN(C(=O)OC(C)(C)C)[C@H]1C(=O)O. The van der Waals surface area contributed by atoms with Crippen molar-refractivity contribution in [2.75, 3.05) is 46.9 Å². The average molecular weight is 389 g/mol. The molecule has 0 aromatic rings. The summed E-state index contributed by atoms with van der Waals surface area (Å²) in [6.45, 7) is 5.98. The van der Waals surface area contributed by atoms with Gasteiger partial charge in [0.05, 0.1) is 5.92 Å². The largest absolute Gasteiger partial charge is 0.480 e. The number of halogens is 1. The summed E-state index contributed by atoms with van der Waals surface area (Å²) in [5.74, 6) is -2.38. The van der Waals surface area contributed by atoms with Crippen LogP contribution in [-0.4, -0.2) is 96.4 Å². The van der Waals surface area contributed by atoms with Crippen molar-refractivity contribution in [3.63, 3.8) is 0 Å². The number of nitrogens with zero attached hydrogens (tertiary/aromatic N) is 3. The summed E-state index contributed by atoms with van der Waals surface area (Å²) in [7, 11) is 3.35. The van der Waals surface area contributed by atoms with Gasteiger partial charge in [0.25, 0.3) is 0 Å². The van der Waals surface area contributed by atoms with Gasteiger partial charge in [0.1, 0.15) is 18.3 Å². The Kier molecular flexibility index (Phi) is 8.46. The number of hydrogen-bond acceptors (Lipinski definition) is 5. The number of aliphatic carboxylic acids is 1. The number of piperidine rings is 1. The molecule has 1 rings (SSSR count). The van der Waals surface area contributed by atoms with Crippen molar-refractivity contribution < 1.29 is 28.6 Å². The highest BCUT2D eigenvalue weighted by atomic mass is 19.1. The normalized spacial score (nSPS) is 20.5. The molecule has 2 amide bonds. The fourth-order valence-electron chi connectivity index (χ4n) is 3.06. The smallest absolute Gasteiger partial charge is 0.411 e. The number of rotatable bonds is 7. The fourth-order valence-corrected chi connectivity index (χ4v) is 3.06. The molecule has 156 valence electrons. The first-order valence-electron chi connectivity index (χ1n) is 9.20. The lowest BCUT2D eigenvalue weighted by atomic mass is 9.88. The highest BCUT2D eigenvalue weighted by Gasteiger charge is 2.45. The molecule has 0 aliphatic carbocycles. The maximum Gasteiger partial charge on any atom is 0.411 e. The maximum atomic E-state index is 12.8. The number of carboxylic acid groups (broad SMARTS) is 1. The van der Waals surface area contributed by atoms with Crippen molar-refractivity contribution >= 4 is 18.0 Å². The topological polar surface area (TPSA) is 90.4 Å². The molecule has 0 aromatic carbocycles. The van der Waals surface area contributed by atoms with E-state index in [1.807, 2.05) is 0 Å². The molecule has 27 heavy (non-hydrogen) atoms. The third kappa shape index (κ3) is 6.97. The predicted molar refractivity (Wildman–Crippen MR) is 98.2 cm³/mol. The molecule has 2 atom stereocenters. The fraction of sp³-hybridized carbons (Fsp3) is 0.833. The first-order valence-corrected chi connectivity index (χ1v) is 9.20. The van der Waals surface area contributed by atoms with Gasteiger partial charge >= 0.3 is 12.1 Å². The molecule has 1 aliphatic rings. The molecular formula is C18H32FN3O5. The van der Waals surface area contributed by atoms with Crippen LogP contribution < -0.4 is 0 Å². The number of ether oxygens (including phenoxy) is 1. The van der Waals surface area contributed by atoms with E-state index in [-0.39, 0.29) is 19.0 Å².